The molecule has 0 saturated carbocycles. The Bertz CT molecular complexity index is 929. The molecular formula is C24H30FN3O2S. The molecule has 1 aromatic heterocycles. The first-order valence-electron chi connectivity index (χ1n) is 11.3. The third-order valence-corrected chi connectivity index (χ3v) is 7.87. The Morgan fingerprint density at radius 1 is 1.03 bits per heavy atom. The zero-order valence-electron chi connectivity index (χ0n) is 18.3. The minimum atomic E-state index is -0.288. The number of nitrogens with zero attached hydrogens (tertiary/aromatic N) is 3. The van der Waals surface area contributed by atoms with Crippen LogP contribution in [0.3, 0.4) is 0 Å². The third kappa shape index (κ3) is 4.81. The van der Waals surface area contributed by atoms with Crippen molar-refractivity contribution in [2.45, 2.75) is 46.0 Å². The van der Waals surface area contributed by atoms with Crippen LogP contribution in [0.1, 0.15) is 54.4 Å². The number of thiazole rings is 1. The van der Waals surface area contributed by atoms with E-state index in [-0.39, 0.29) is 23.5 Å². The zero-order chi connectivity index (χ0) is 22.0. The highest BCUT2D eigenvalue weighted by molar-refractivity contribution is 7.17. The fraction of sp³-hybridized carbons (Fsp3) is 0.542. The first-order chi connectivity index (χ1) is 14.9. The Morgan fingerprint density at radius 2 is 1.68 bits per heavy atom. The summed E-state index contributed by atoms with van der Waals surface area (Å²) in [6.07, 6.45) is 5.15. The minimum absolute atomic E-state index is 0.0109. The van der Waals surface area contributed by atoms with Gasteiger partial charge < -0.3 is 9.80 Å². The molecule has 2 aliphatic rings. The van der Waals surface area contributed by atoms with Crippen molar-refractivity contribution in [1.82, 2.24) is 14.8 Å². The monoisotopic (exact) mass is 443 g/mol. The Balaban J connectivity index is 1.37. The second-order valence-corrected chi connectivity index (χ2v) is 9.74. The number of rotatable bonds is 4. The number of aromatic nitrogens is 1. The molecule has 0 spiro atoms. The van der Waals surface area contributed by atoms with Crippen LogP contribution in [0.15, 0.2) is 24.3 Å². The molecule has 1 aromatic carbocycles. The molecule has 2 amide bonds. The van der Waals surface area contributed by atoms with E-state index in [4.69, 9.17) is 0 Å². The van der Waals surface area contributed by atoms with E-state index in [9.17, 15) is 14.0 Å². The van der Waals surface area contributed by atoms with E-state index in [1.807, 2.05) is 16.7 Å². The van der Waals surface area contributed by atoms with Crippen LogP contribution in [0.4, 0.5) is 4.39 Å². The van der Waals surface area contributed by atoms with Crippen molar-refractivity contribution >= 4 is 23.2 Å². The van der Waals surface area contributed by atoms with Gasteiger partial charge in [0.2, 0.25) is 5.91 Å². The molecule has 7 heteroatoms. The van der Waals surface area contributed by atoms with Gasteiger partial charge in [0.15, 0.2) is 0 Å². The lowest BCUT2D eigenvalue weighted by atomic mass is 9.84. The van der Waals surface area contributed by atoms with Crippen molar-refractivity contribution in [1.29, 1.82) is 0 Å². The fourth-order valence-electron chi connectivity index (χ4n) is 4.66. The molecule has 166 valence electrons. The number of carbonyl (C=O) groups excluding carboxylic acids is 2. The molecule has 3 heterocycles. The summed E-state index contributed by atoms with van der Waals surface area (Å²) >= 11 is 1.37. The normalized spacial score (nSPS) is 18.8. The number of amides is 2. The Labute approximate surface area is 187 Å². The smallest absolute Gasteiger partial charge is 0.265 e. The lowest BCUT2D eigenvalue weighted by molar-refractivity contribution is -0.138. The van der Waals surface area contributed by atoms with Gasteiger partial charge in [-0.2, -0.15) is 0 Å². The van der Waals surface area contributed by atoms with Gasteiger partial charge in [0.25, 0.3) is 5.91 Å². The number of halogens is 1. The van der Waals surface area contributed by atoms with Gasteiger partial charge in [-0.05, 0) is 69.2 Å². The van der Waals surface area contributed by atoms with E-state index in [0.29, 0.717) is 29.6 Å². The van der Waals surface area contributed by atoms with Crippen LogP contribution in [0.25, 0.3) is 10.6 Å². The first-order valence-corrected chi connectivity index (χ1v) is 12.1. The van der Waals surface area contributed by atoms with Crippen LogP contribution in [0.2, 0.25) is 0 Å². The maximum atomic E-state index is 13.2. The lowest BCUT2D eigenvalue weighted by Crippen LogP contribution is -2.45. The topological polar surface area (TPSA) is 53.5 Å². The van der Waals surface area contributed by atoms with Gasteiger partial charge in [0.05, 0.1) is 5.69 Å². The van der Waals surface area contributed by atoms with Crippen molar-refractivity contribution in [3.8, 4) is 10.6 Å². The van der Waals surface area contributed by atoms with Crippen LogP contribution < -0.4 is 0 Å². The van der Waals surface area contributed by atoms with Crippen molar-refractivity contribution in [3.05, 3.63) is 40.7 Å². The second-order valence-electron chi connectivity index (χ2n) is 8.74. The molecule has 0 radical (unpaired) electrons. The number of hydrogen-bond donors (Lipinski definition) is 0. The van der Waals surface area contributed by atoms with Crippen LogP contribution in [-0.2, 0) is 4.79 Å². The quantitative estimate of drug-likeness (QED) is 0.685. The minimum Gasteiger partial charge on any atom is -0.342 e. The highest BCUT2D eigenvalue weighted by Crippen LogP contribution is 2.32. The average molecular weight is 444 g/mol. The van der Waals surface area contributed by atoms with Crippen molar-refractivity contribution in [3.63, 3.8) is 0 Å². The number of piperidine rings is 2. The van der Waals surface area contributed by atoms with E-state index >= 15 is 0 Å². The van der Waals surface area contributed by atoms with Gasteiger partial charge in [-0.25, -0.2) is 9.37 Å². The fourth-order valence-corrected chi connectivity index (χ4v) is 5.70. The summed E-state index contributed by atoms with van der Waals surface area (Å²) in [5.41, 5.74) is 1.53. The largest absolute Gasteiger partial charge is 0.342 e. The number of aryl methyl sites for hydroxylation is 1. The summed E-state index contributed by atoms with van der Waals surface area (Å²) in [5, 5.41) is 0.733. The molecule has 0 N–H and O–H groups in total. The van der Waals surface area contributed by atoms with Gasteiger partial charge >= 0.3 is 0 Å². The van der Waals surface area contributed by atoms with E-state index in [1.165, 1.54) is 29.9 Å². The Morgan fingerprint density at radius 3 is 2.32 bits per heavy atom. The standard InChI is InChI=1S/C24H30FN3O2S/c1-16(23(29)27-12-4-3-5-13-27)18-10-14-28(15-11-18)24(30)21-17(2)26-22(31-21)19-6-8-20(25)9-7-19/h6-9,16,18H,3-5,10-15H2,1-2H3/t16-/m0/s1. The molecule has 5 nitrogen and oxygen atoms in total. The molecule has 2 fully saturated rings. The maximum absolute atomic E-state index is 13.2. The number of benzene rings is 1. The third-order valence-electron chi connectivity index (χ3n) is 6.67. The number of hydrogen-bond acceptors (Lipinski definition) is 4. The van der Waals surface area contributed by atoms with Crippen LogP contribution in [0, 0.1) is 24.6 Å². The molecular weight excluding hydrogens is 413 g/mol. The molecule has 2 saturated heterocycles. The van der Waals surface area contributed by atoms with Crippen LogP contribution >= 0.6 is 11.3 Å². The zero-order valence-corrected chi connectivity index (χ0v) is 19.1. The predicted molar refractivity (Wildman–Crippen MR) is 120 cm³/mol. The van der Waals surface area contributed by atoms with Gasteiger partial charge in [-0.3, -0.25) is 9.59 Å². The molecule has 0 unspecified atom stereocenters. The van der Waals surface area contributed by atoms with E-state index in [0.717, 1.165) is 49.3 Å². The summed E-state index contributed by atoms with van der Waals surface area (Å²) < 4.78 is 13.2. The van der Waals surface area contributed by atoms with E-state index < -0.39 is 0 Å². The second kappa shape index (κ2) is 9.47. The molecule has 2 aliphatic heterocycles. The average Bonchev–Trinajstić information content (AvgIpc) is 3.20. The Kier molecular flexibility index (Phi) is 6.70. The van der Waals surface area contributed by atoms with Crippen molar-refractivity contribution in [2.24, 2.45) is 11.8 Å². The highest BCUT2D eigenvalue weighted by atomic mass is 32.1. The SMILES string of the molecule is Cc1nc(-c2ccc(F)cc2)sc1C(=O)N1CCC([C@H](C)C(=O)N2CCCCC2)CC1. The van der Waals surface area contributed by atoms with Crippen molar-refractivity contribution in [2.75, 3.05) is 26.2 Å². The van der Waals surface area contributed by atoms with Gasteiger partial charge in [-0.1, -0.05) is 6.92 Å². The molecule has 1 atom stereocenters. The summed E-state index contributed by atoms with van der Waals surface area (Å²) in [6, 6.07) is 6.19. The summed E-state index contributed by atoms with van der Waals surface area (Å²) in [5.74, 6) is 0.356. The molecule has 2 aromatic rings. The molecule has 0 aliphatic carbocycles. The molecule has 0 bridgehead atoms. The number of carbonyl (C=O) groups is 2. The van der Waals surface area contributed by atoms with Crippen LogP contribution in [-0.4, -0.2) is 52.8 Å². The first kappa shape index (κ1) is 21.9. The molecule has 31 heavy (non-hydrogen) atoms. The van der Waals surface area contributed by atoms with Crippen LogP contribution in [0.5, 0.6) is 0 Å². The number of likely N-dealkylation sites (tertiary alicyclic amines) is 2. The van der Waals surface area contributed by atoms with Gasteiger partial charge in [0, 0.05) is 37.7 Å². The summed E-state index contributed by atoms with van der Waals surface area (Å²) in [4.78, 5) is 35.1. The predicted octanol–water partition coefficient (Wildman–Crippen LogP) is 4.76. The Hall–Kier alpha value is -2.28. The summed E-state index contributed by atoms with van der Waals surface area (Å²) in [7, 11) is 0. The summed E-state index contributed by atoms with van der Waals surface area (Å²) in [6.45, 7) is 7.03. The van der Waals surface area contributed by atoms with E-state index in [2.05, 4.69) is 11.9 Å². The van der Waals surface area contributed by atoms with Gasteiger partial charge in [0.1, 0.15) is 15.7 Å². The lowest BCUT2D eigenvalue weighted by Gasteiger charge is -2.37. The van der Waals surface area contributed by atoms with Gasteiger partial charge in [-0.15, -0.1) is 11.3 Å². The highest BCUT2D eigenvalue weighted by Gasteiger charge is 2.33. The molecule has 4 rings (SSSR count). The van der Waals surface area contributed by atoms with Crippen molar-refractivity contribution < 1.29 is 14.0 Å². The van der Waals surface area contributed by atoms with E-state index in [1.54, 1.807) is 12.1 Å². The maximum Gasteiger partial charge on any atom is 0.265 e.